The molecule has 0 saturated carbocycles. The second-order valence-electron chi connectivity index (χ2n) is 5.82. The van der Waals surface area contributed by atoms with Gasteiger partial charge in [-0.25, -0.2) is 9.18 Å². The van der Waals surface area contributed by atoms with Gasteiger partial charge in [-0.1, -0.05) is 15.9 Å². The third-order valence-electron chi connectivity index (χ3n) is 2.59. The van der Waals surface area contributed by atoms with E-state index in [0.29, 0.717) is 5.56 Å². The minimum Gasteiger partial charge on any atom is -0.444 e. The van der Waals surface area contributed by atoms with Gasteiger partial charge in [-0.2, -0.15) is 0 Å². The molecule has 0 heterocycles. The highest BCUT2D eigenvalue weighted by molar-refractivity contribution is 9.10. The number of rotatable bonds is 4. The first-order valence-electron chi connectivity index (χ1n) is 6.79. The van der Waals surface area contributed by atoms with Crippen molar-refractivity contribution in [2.24, 2.45) is 0 Å². The first kappa shape index (κ1) is 18.4. The summed E-state index contributed by atoms with van der Waals surface area (Å²) < 4.78 is 19.3. The van der Waals surface area contributed by atoms with Crippen LogP contribution in [0.4, 0.5) is 9.18 Å². The molecule has 0 bridgehead atoms. The van der Waals surface area contributed by atoms with E-state index < -0.39 is 29.5 Å². The maximum Gasteiger partial charge on any atom is 0.408 e. The molecule has 1 unspecified atom stereocenters. The fourth-order valence-corrected chi connectivity index (χ4v) is 1.97. The highest BCUT2D eigenvalue weighted by Crippen LogP contribution is 2.15. The second kappa shape index (κ2) is 7.58. The molecule has 1 atom stereocenters. The first-order valence-corrected chi connectivity index (χ1v) is 7.59. The Bertz CT molecular complexity index is 558. The lowest BCUT2D eigenvalue weighted by Gasteiger charge is -2.21. The van der Waals surface area contributed by atoms with E-state index in [4.69, 9.17) is 4.74 Å². The van der Waals surface area contributed by atoms with Crippen molar-refractivity contribution in [3.63, 3.8) is 0 Å². The van der Waals surface area contributed by atoms with Crippen LogP contribution in [0.3, 0.4) is 0 Å². The minimum absolute atomic E-state index is 0.0322. The smallest absolute Gasteiger partial charge is 0.408 e. The van der Waals surface area contributed by atoms with E-state index in [9.17, 15) is 14.0 Å². The van der Waals surface area contributed by atoms with Crippen molar-refractivity contribution in [3.8, 4) is 0 Å². The Hall–Kier alpha value is -1.63. The molecule has 1 aromatic rings. The van der Waals surface area contributed by atoms with Gasteiger partial charge < -0.3 is 15.4 Å². The van der Waals surface area contributed by atoms with Crippen LogP contribution in [0.1, 0.15) is 33.3 Å². The van der Waals surface area contributed by atoms with Crippen LogP contribution >= 0.6 is 15.9 Å². The molecule has 0 spiro atoms. The topological polar surface area (TPSA) is 67.4 Å². The average Bonchev–Trinajstić information content (AvgIpc) is 2.37. The molecule has 2 N–H and O–H groups in total. The van der Waals surface area contributed by atoms with Gasteiger partial charge in [0, 0.05) is 16.6 Å². The van der Waals surface area contributed by atoms with Crippen molar-refractivity contribution < 1.29 is 18.7 Å². The lowest BCUT2D eigenvalue weighted by atomic mass is 10.2. The largest absolute Gasteiger partial charge is 0.444 e. The van der Waals surface area contributed by atoms with E-state index in [1.807, 2.05) is 0 Å². The summed E-state index contributed by atoms with van der Waals surface area (Å²) in [5, 5.41) is 4.99. The SMILES string of the molecule is CC(NC(=O)OC(C)(C)C)C(=O)NCc1cc(Br)ccc1F. The monoisotopic (exact) mass is 374 g/mol. The van der Waals surface area contributed by atoms with Gasteiger partial charge in [0.1, 0.15) is 17.5 Å². The Kier molecular flexibility index (Phi) is 6.34. The molecule has 5 nitrogen and oxygen atoms in total. The zero-order valence-corrected chi connectivity index (χ0v) is 14.6. The summed E-state index contributed by atoms with van der Waals surface area (Å²) in [5.41, 5.74) is -0.285. The zero-order chi connectivity index (χ0) is 16.9. The van der Waals surface area contributed by atoms with Gasteiger partial charge in [0.2, 0.25) is 5.91 Å². The van der Waals surface area contributed by atoms with Gasteiger partial charge in [-0.05, 0) is 45.9 Å². The molecule has 2 amide bonds. The van der Waals surface area contributed by atoms with Gasteiger partial charge in [-0.3, -0.25) is 4.79 Å². The predicted octanol–water partition coefficient (Wildman–Crippen LogP) is 3.12. The molecule has 122 valence electrons. The van der Waals surface area contributed by atoms with Gasteiger partial charge in [0.05, 0.1) is 0 Å². The third-order valence-corrected chi connectivity index (χ3v) is 3.08. The molecule has 0 aliphatic heterocycles. The number of hydrogen-bond donors (Lipinski definition) is 2. The predicted molar refractivity (Wildman–Crippen MR) is 84.8 cm³/mol. The van der Waals surface area contributed by atoms with Crippen LogP contribution in [-0.2, 0) is 16.1 Å². The molecule has 0 saturated heterocycles. The molecule has 22 heavy (non-hydrogen) atoms. The number of carbonyl (C=O) groups is 2. The van der Waals surface area contributed by atoms with Crippen LogP contribution in [0.25, 0.3) is 0 Å². The van der Waals surface area contributed by atoms with Crippen LogP contribution in [0, 0.1) is 5.82 Å². The summed E-state index contributed by atoms with van der Waals surface area (Å²) in [7, 11) is 0. The van der Waals surface area contributed by atoms with E-state index in [1.165, 1.54) is 13.0 Å². The van der Waals surface area contributed by atoms with Gasteiger partial charge in [-0.15, -0.1) is 0 Å². The molecular formula is C15H20BrFN2O3. The molecule has 0 aliphatic rings. The van der Waals surface area contributed by atoms with Gasteiger partial charge in [0.15, 0.2) is 0 Å². The Morgan fingerprint density at radius 3 is 2.59 bits per heavy atom. The Balaban J connectivity index is 2.51. The number of carbonyl (C=O) groups excluding carboxylic acids is 2. The number of benzene rings is 1. The average molecular weight is 375 g/mol. The van der Waals surface area contributed by atoms with Crippen LogP contribution in [0.15, 0.2) is 22.7 Å². The number of hydrogen-bond acceptors (Lipinski definition) is 3. The van der Waals surface area contributed by atoms with Crippen molar-refractivity contribution >= 4 is 27.9 Å². The first-order chi connectivity index (χ1) is 10.1. The van der Waals surface area contributed by atoms with Crippen LogP contribution < -0.4 is 10.6 Å². The Labute approximate surface area is 137 Å². The fraction of sp³-hybridized carbons (Fsp3) is 0.467. The van der Waals surface area contributed by atoms with E-state index in [2.05, 4.69) is 26.6 Å². The molecule has 7 heteroatoms. The van der Waals surface area contributed by atoms with Gasteiger partial charge >= 0.3 is 6.09 Å². The maximum atomic E-state index is 13.6. The van der Waals surface area contributed by atoms with Crippen molar-refractivity contribution in [1.82, 2.24) is 10.6 Å². The lowest BCUT2D eigenvalue weighted by molar-refractivity contribution is -0.122. The summed E-state index contributed by atoms with van der Waals surface area (Å²) in [6.07, 6.45) is -0.677. The Morgan fingerprint density at radius 1 is 1.36 bits per heavy atom. The van der Waals surface area contributed by atoms with Crippen LogP contribution in [0.5, 0.6) is 0 Å². The van der Waals surface area contributed by atoms with E-state index in [-0.39, 0.29) is 6.54 Å². The van der Waals surface area contributed by atoms with Crippen LogP contribution in [-0.4, -0.2) is 23.6 Å². The summed E-state index contributed by atoms with van der Waals surface area (Å²) >= 11 is 3.24. The highest BCUT2D eigenvalue weighted by atomic mass is 79.9. The van der Waals surface area contributed by atoms with E-state index in [1.54, 1.807) is 32.9 Å². The molecule has 1 aromatic carbocycles. The lowest BCUT2D eigenvalue weighted by Crippen LogP contribution is -2.46. The number of nitrogens with one attached hydrogen (secondary N) is 2. The number of amides is 2. The van der Waals surface area contributed by atoms with E-state index >= 15 is 0 Å². The molecular weight excluding hydrogens is 355 g/mol. The molecule has 0 fully saturated rings. The standard InChI is InChI=1S/C15H20BrFN2O3/c1-9(19-14(21)22-15(2,3)4)13(20)18-8-10-7-11(16)5-6-12(10)17/h5-7,9H,8H2,1-4H3,(H,18,20)(H,19,21). The van der Waals surface area contributed by atoms with E-state index in [0.717, 1.165) is 4.47 Å². The quantitative estimate of drug-likeness (QED) is 0.850. The highest BCUT2D eigenvalue weighted by Gasteiger charge is 2.21. The zero-order valence-electron chi connectivity index (χ0n) is 13.0. The molecule has 0 aromatic heterocycles. The summed E-state index contributed by atoms with van der Waals surface area (Å²) in [6.45, 7) is 6.75. The summed E-state index contributed by atoms with van der Waals surface area (Å²) in [4.78, 5) is 23.5. The van der Waals surface area contributed by atoms with Crippen LogP contribution in [0.2, 0.25) is 0 Å². The maximum absolute atomic E-state index is 13.6. The van der Waals surface area contributed by atoms with Crippen molar-refractivity contribution in [2.75, 3.05) is 0 Å². The fourth-order valence-electron chi connectivity index (χ4n) is 1.56. The summed E-state index contributed by atoms with van der Waals surface area (Å²) in [6, 6.07) is 3.69. The van der Waals surface area contributed by atoms with Crippen molar-refractivity contribution in [3.05, 3.63) is 34.1 Å². The summed E-state index contributed by atoms with van der Waals surface area (Å²) in [5.74, 6) is -0.832. The number of ether oxygens (including phenoxy) is 1. The van der Waals surface area contributed by atoms with Crippen molar-refractivity contribution in [2.45, 2.75) is 45.9 Å². The number of halogens is 2. The third kappa shape index (κ3) is 6.43. The molecule has 1 rings (SSSR count). The Morgan fingerprint density at radius 2 is 2.00 bits per heavy atom. The minimum atomic E-state index is -0.787. The molecule has 0 radical (unpaired) electrons. The van der Waals surface area contributed by atoms with Crippen molar-refractivity contribution in [1.29, 1.82) is 0 Å². The normalized spacial score (nSPS) is 12.5. The molecule has 0 aliphatic carbocycles. The number of alkyl carbamates (subject to hydrolysis) is 1. The second-order valence-corrected chi connectivity index (χ2v) is 6.74. The van der Waals surface area contributed by atoms with Gasteiger partial charge in [0.25, 0.3) is 0 Å².